The predicted octanol–water partition coefficient (Wildman–Crippen LogP) is 2.69. The van der Waals surface area contributed by atoms with Crippen molar-refractivity contribution in [1.29, 1.82) is 0 Å². The Morgan fingerprint density at radius 3 is 2.96 bits per heavy atom. The number of para-hydroxylation sites is 2. The summed E-state index contributed by atoms with van der Waals surface area (Å²) >= 11 is 0. The maximum Gasteiger partial charge on any atom is 0.305 e. The Hall–Kier alpha value is -2.37. The van der Waals surface area contributed by atoms with Crippen LogP contribution in [0.3, 0.4) is 0 Å². The zero-order chi connectivity index (χ0) is 17.6. The highest BCUT2D eigenvalue weighted by Gasteiger charge is 2.24. The van der Waals surface area contributed by atoms with Gasteiger partial charge >= 0.3 is 5.97 Å². The van der Waals surface area contributed by atoms with E-state index in [1.165, 1.54) is 7.11 Å². The van der Waals surface area contributed by atoms with Crippen molar-refractivity contribution in [3.05, 3.63) is 30.1 Å². The first-order valence-corrected chi connectivity index (χ1v) is 8.94. The van der Waals surface area contributed by atoms with Gasteiger partial charge in [0, 0.05) is 32.4 Å². The first-order valence-electron chi connectivity index (χ1n) is 8.94. The molecule has 1 aliphatic heterocycles. The number of methoxy groups -OCH3 is 1. The Bertz CT molecular complexity index is 707. The van der Waals surface area contributed by atoms with Crippen LogP contribution in [0.5, 0.6) is 0 Å². The van der Waals surface area contributed by atoms with Crippen molar-refractivity contribution in [2.24, 2.45) is 5.92 Å². The van der Waals surface area contributed by atoms with E-state index in [0.717, 1.165) is 49.2 Å². The predicted molar refractivity (Wildman–Crippen MR) is 95.0 cm³/mol. The zero-order valence-electron chi connectivity index (χ0n) is 14.7. The standard InChI is InChI=1S/C19H25N3O3/c1-25-19(24)10-4-9-18(23)22-11-5-6-14(13-22)12-17-20-15-7-2-3-8-16(15)21-17/h2-3,7-8,14H,4-6,9-13H2,1H3,(H,20,21)/t14-/m0/s1. The lowest BCUT2D eigenvalue weighted by molar-refractivity contribution is -0.141. The van der Waals surface area contributed by atoms with E-state index >= 15 is 0 Å². The normalized spacial score (nSPS) is 17.6. The Labute approximate surface area is 147 Å². The number of esters is 1. The van der Waals surface area contributed by atoms with Crippen molar-refractivity contribution < 1.29 is 14.3 Å². The van der Waals surface area contributed by atoms with Crippen LogP contribution in [0, 0.1) is 5.92 Å². The number of aromatic nitrogens is 2. The highest BCUT2D eigenvalue weighted by atomic mass is 16.5. The zero-order valence-corrected chi connectivity index (χ0v) is 14.7. The molecule has 2 heterocycles. The van der Waals surface area contributed by atoms with E-state index in [9.17, 15) is 9.59 Å². The van der Waals surface area contributed by atoms with Crippen LogP contribution in [0.15, 0.2) is 24.3 Å². The van der Waals surface area contributed by atoms with Gasteiger partial charge in [0.05, 0.1) is 18.1 Å². The summed E-state index contributed by atoms with van der Waals surface area (Å²) in [5.74, 6) is 1.30. The molecule has 1 amide bonds. The van der Waals surface area contributed by atoms with Gasteiger partial charge in [-0.1, -0.05) is 12.1 Å². The first kappa shape index (κ1) is 17.5. The van der Waals surface area contributed by atoms with E-state index < -0.39 is 0 Å². The molecule has 2 aromatic rings. The summed E-state index contributed by atoms with van der Waals surface area (Å²) in [5, 5.41) is 0. The van der Waals surface area contributed by atoms with Crippen molar-refractivity contribution in [2.45, 2.75) is 38.5 Å². The topological polar surface area (TPSA) is 75.3 Å². The summed E-state index contributed by atoms with van der Waals surface area (Å²) in [4.78, 5) is 33.5. The quantitative estimate of drug-likeness (QED) is 0.818. The molecule has 0 saturated carbocycles. The van der Waals surface area contributed by atoms with Crippen LogP contribution in [-0.2, 0) is 20.7 Å². The van der Waals surface area contributed by atoms with Gasteiger partial charge in [-0.05, 0) is 37.3 Å². The van der Waals surface area contributed by atoms with Crippen LogP contribution in [0.1, 0.15) is 37.9 Å². The number of carbonyl (C=O) groups is 2. The minimum absolute atomic E-state index is 0.137. The molecule has 1 saturated heterocycles. The van der Waals surface area contributed by atoms with Crippen LogP contribution in [0.25, 0.3) is 11.0 Å². The van der Waals surface area contributed by atoms with E-state index in [1.54, 1.807) is 0 Å². The summed E-state index contributed by atoms with van der Waals surface area (Å²) in [6.45, 7) is 1.59. The lowest BCUT2D eigenvalue weighted by Crippen LogP contribution is -2.40. The molecule has 134 valence electrons. The van der Waals surface area contributed by atoms with Gasteiger partial charge in [0.15, 0.2) is 0 Å². The van der Waals surface area contributed by atoms with Gasteiger partial charge in [-0.3, -0.25) is 9.59 Å². The summed E-state index contributed by atoms with van der Waals surface area (Å²) in [5.41, 5.74) is 2.05. The molecule has 0 unspecified atom stereocenters. The van der Waals surface area contributed by atoms with E-state index in [-0.39, 0.29) is 11.9 Å². The number of hydrogen-bond donors (Lipinski definition) is 1. The third kappa shape index (κ3) is 4.59. The number of piperidine rings is 1. The smallest absolute Gasteiger partial charge is 0.305 e. The van der Waals surface area contributed by atoms with Gasteiger partial charge in [-0.25, -0.2) is 4.98 Å². The number of ether oxygens (including phenoxy) is 1. The Balaban J connectivity index is 1.52. The third-order valence-electron chi connectivity index (χ3n) is 4.79. The first-order chi connectivity index (χ1) is 12.2. The number of aromatic amines is 1. The maximum atomic E-state index is 12.4. The number of hydrogen-bond acceptors (Lipinski definition) is 4. The molecule has 1 aliphatic rings. The number of imidazole rings is 1. The fourth-order valence-electron chi connectivity index (χ4n) is 3.48. The average molecular weight is 343 g/mol. The molecule has 1 aromatic heterocycles. The Kier molecular flexibility index (Phi) is 5.68. The summed E-state index contributed by atoms with van der Waals surface area (Å²) in [6.07, 6.45) is 4.26. The Morgan fingerprint density at radius 1 is 1.32 bits per heavy atom. The van der Waals surface area contributed by atoms with E-state index in [1.807, 2.05) is 29.2 Å². The second kappa shape index (κ2) is 8.14. The third-order valence-corrected chi connectivity index (χ3v) is 4.79. The number of nitrogens with zero attached hydrogens (tertiary/aromatic N) is 2. The fraction of sp³-hybridized carbons (Fsp3) is 0.526. The van der Waals surface area contributed by atoms with E-state index in [0.29, 0.717) is 25.2 Å². The number of rotatable bonds is 6. The van der Waals surface area contributed by atoms with Crippen LogP contribution < -0.4 is 0 Å². The number of nitrogens with one attached hydrogen (secondary N) is 1. The number of amides is 1. The van der Waals surface area contributed by atoms with Gasteiger partial charge in [-0.2, -0.15) is 0 Å². The highest BCUT2D eigenvalue weighted by molar-refractivity contribution is 5.77. The second-order valence-electron chi connectivity index (χ2n) is 6.68. The lowest BCUT2D eigenvalue weighted by Gasteiger charge is -2.32. The van der Waals surface area contributed by atoms with Crippen LogP contribution in [0.4, 0.5) is 0 Å². The van der Waals surface area contributed by atoms with Crippen molar-refractivity contribution in [3.63, 3.8) is 0 Å². The molecule has 1 fully saturated rings. The minimum Gasteiger partial charge on any atom is -0.469 e. The largest absolute Gasteiger partial charge is 0.469 e. The van der Waals surface area contributed by atoms with Crippen molar-refractivity contribution in [1.82, 2.24) is 14.9 Å². The number of benzene rings is 1. The number of likely N-dealkylation sites (tertiary alicyclic amines) is 1. The number of carbonyl (C=O) groups excluding carboxylic acids is 2. The monoisotopic (exact) mass is 343 g/mol. The van der Waals surface area contributed by atoms with Gasteiger partial charge < -0.3 is 14.6 Å². The van der Waals surface area contributed by atoms with E-state index in [4.69, 9.17) is 0 Å². The number of H-pyrrole nitrogens is 1. The van der Waals surface area contributed by atoms with Crippen LogP contribution in [0.2, 0.25) is 0 Å². The van der Waals surface area contributed by atoms with E-state index in [2.05, 4.69) is 14.7 Å². The SMILES string of the molecule is COC(=O)CCCC(=O)N1CCC[C@@H](Cc2nc3ccccc3[nH]2)C1. The van der Waals surface area contributed by atoms with Gasteiger partial charge in [0.2, 0.25) is 5.91 Å². The van der Waals surface area contributed by atoms with Crippen molar-refractivity contribution in [3.8, 4) is 0 Å². The molecular weight excluding hydrogens is 318 g/mol. The summed E-state index contributed by atoms with van der Waals surface area (Å²) < 4.78 is 4.61. The number of fused-ring (bicyclic) bond motifs is 1. The van der Waals surface area contributed by atoms with Crippen molar-refractivity contribution >= 4 is 22.9 Å². The second-order valence-corrected chi connectivity index (χ2v) is 6.68. The molecule has 25 heavy (non-hydrogen) atoms. The van der Waals surface area contributed by atoms with Gasteiger partial charge in [-0.15, -0.1) is 0 Å². The molecule has 6 nitrogen and oxygen atoms in total. The molecule has 3 rings (SSSR count). The Morgan fingerprint density at radius 2 is 2.16 bits per heavy atom. The molecule has 1 aromatic carbocycles. The summed E-state index contributed by atoms with van der Waals surface area (Å²) in [7, 11) is 1.37. The molecule has 0 radical (unpaired) electrons. The molecule has 0 spiro atoms. The molecule has 0 bridgehead atoms. The van der Waals surface area contributed by atoms with Gasteiger partial charge in [0.25, 0.3) is 0 Å². The van der Waals surface area contributed by atoms with Crippen LogP contribution >= 0.6 is 0 Å². The molecule has 1 N–H and O–H groups in total. The molecule has 6 heteroatoms. The summed E-state index contributed by atoms with van der Waals surface area (Å²) in [6, 6.07) is 8.03. The molecule has 1 atom stereocenters. The van der Waals surface area contributed by atoms with Crippen molar-refractivity contribution in [2.75, 3.05) is 20.2 Å². The minimum atomic E-state index is -0.255. The maximum absolute atomic E-state index is 12.4. The van der Waals surface area contributed by atoms with Crippen LogP contribution in [-0.4, -0.2) is 46.9 Å². The average Bonchev–Trinajstić information content (AvgIpc) is 3.03. The van der Waals surface area contributed by atoms with Gasteiger partial charge in [0.1, 0.15) is 5.82 Å². The lowest BCUT2D eigenvalue weighted by atomic mass is 9.94. The molecule has 0 aliphatic carbocycles. The molecular formula is C19H25N3O3. The fourth-order valence-corrected chi connectivity index (χ4v) is 3.48. The highest BCUT2D eigenvalue weighted by Crippen LogP contribution is 2.22.